The normalized spacial score (nSPS) is 22.1. The fraction of sp³-hybridized carbons (Fsp3) is 0.412. The van der Waals surface area contributed by atoms with Crippen LogP contribution in [0.25, 0.3) is 11.2 Å². The number of aromatic nitrogens is 3. The van der Waals surface area contributed by atoms with Crippen molar-refractivity contribution in [2.75, 3.05) is 31.1 Å². The molecule has 1 N–H and O–H groups in total. The molecule has 1 unspecified atom stereocenters. The molecule has 0 spiro atoms. The number of rotatable bonds is 2. The Kier molecular flexibility index (Phi) is 4.18. The summed E-state index contributed by atoms with van der Waals surface area (Å²) in [6.07, 6.45) is 1.06. The van der Waals surface area contributed by atoms with Crippen LogP contribution in [0.3, 0.4) is 0 Å². The Morgan fingerprint density at radius 2 is 1.85 bits per heavy atom. The third kappa shape index (κ3) is 3.31. The molecule has 2 aromatic heterocycles. The molecule has 0 amide bonds. The molecule has 138 valence electrons. The first-order valence-corrected chi connectivity index (χ1v) is 8.36. The number of halogens is 4. The lowest BCUT2D eigenvalue weighted by atomic mass is 10.1. The second-order valence-corrected chi connectivity index (χ2v) is 6.42. The molecule has 2 aliphatic rings. The van der Waals surface area contributed by atoms with Crippen molar-refractivity contribution in [3.8, 4) is 0 Å². The molecule has 0 saturated carbocycles. The summed E-state index contributed by atoms with van der Waals surface area (Å²) in [4.78, 5) is 14.3. The number of imidazole rings is 1. The molecule has 0 radical (unpaired) electrons. The summed E-state index contributed by atoms with van der Waals surface area (Å²) in [6.45, 7) is 2.81. The van der Waals surface area contributed by atoms with Gasteiger partial charge in [0.05, 0.1) is 5.52 Å². The highest BCUT2D eigenvalue weighted by Gasteiger charge is 2.35. The highest BCUT2D eigenvalue weighted by molar-refractivity contribution is 5.73. The van der Waals surface area contributed by atoms with Gasteiger partial charge in [-0.25, -0.2) is 14.4 Å². The molecule has 5 nitrogen and oxygen atoms in total. The standard InChI is InChI=1S/C17H17F4N5/c18-11-2-1-3-12(10-11)25-6-8-26(9-7-25)14-5-4-13-15(23-14)24-16(22-13)17(19,20)21/h1-5,12H,6-10H2,(H,22,23,24). The van der Waals surface area contributed by atoms with E-state index in [0.29, 0.717) is 25.3 Å². The van der Waals surface area contributed by atoms with Gasteiger partial charge >= 0.3 is 6.18 Å². The van der Waals surface area contributed by atoms with Gasteiger partial charge < -0.3 is 9.88 Å². The van der Waals surface area contributed by atoms with E-state index in [1.165, 1.54) is 6.08 Å². The summed E-state index contributed by atoms with van der Waals surface area (Å²) in [6, 6.07) is 3.31. The summed E-state index contributed by atoms with van der Waals surface area (Å²) < 4.78 is 51.7. The number of fused-ring (bicyclic) bond motifs is 1. The van der Waals surface area contributed by atoms with Crippen LogP contribution in [-0.2, 0) is 6.18 Å². The Balaban J connectivity index is 1.46. The molecule has 1 aliphatic heterocycles. The predicted molar refractivity (Wildman–Crippen MR) is 89.4 cm³/mol. The van der Waals surface area contributed by atoms with Gasteiger partial charge in [-0.3, -0.25) is 4.90 Å². The van der Waals surface area contributed by atoms with Gasteiger partial charge in [0.2, 0.25) is 5.82 Å². The zero-order valence-corrected chi connectivity index (χ0v) is 13.8. The van der Waals surface area contributed by atoms with Crippen molar-refractivity contribution in [3.63, 3.8) is 0 Å². The van der Waals surface area contributed by atoms with Crippen molar-refractivity contribution in [2.24, 2.45) is 0 Å². The second-order valence-electron chi connectivity index (χ2n) is 6.42. The number of nitrogens with zero attached hydrogens (tertiary/aromatic N) is 4. The molecule has 3 heterocycles. The fourth-order valence-corrected chi connectivity index (χ4v) is 3.35. The van der Waals surface area contributed by atoms with E-state index in [1.807, 2.05) is 11.0 Å². The van der Waals surface area contributed by atoms with E-state index in [-0.39, 0.29) is 23.0 Å². The minimum absolute atomic E-state index is 0.0540. The lowest BCUT2D eigenvalue weighted by Gasteiger charge is -2.39. The first kappa shape index (κ1) is 17.0. The minimum atomic E-state index is -4.52. The molecule has 0 bridgehead atoms. The maximum Gasteiger partial charge on any atom is 0.449 e. The SMILES string of the molecule is FC1=CC=CC(N2CCN(c3ccc4[nH]c(C(F)(F)F)nc4n3)CC2)C1. The number of nitrogens with one attached hydrogen (secondary N) is 1. The summed E-state index contributed by atoms with van der Waals surface area (Å²) in [5, 5.41) is 0. The Hall–Kier alpha value is -2.42. The summed E-state index contributed by atoms with van der Waals surface area (Å²) in [7, 11) is 0. The van der Waals surface area contributed by atoms with Crippen molar-refractivity contribution in [2.45, 2.75) is 18.6 Å². The van der Waals surface area contributed by atoms with E-state index in [1.54, 1.807) is 18.2 Å². The van der Waals surface area contributed by atoms with E-state index in [2.05, 4.69) is 19.9 Å². The van der Waals surface area contributed by atoms with Crippen LogP contribution in [0.2, 0.25) is 0 Å². The average Bonchev–Trinajstić information content (AvgIpc) is 3.05. The first-order chi connectivity index (χ1) is 12.4. The Labute approximate surface area is 147 Å². The second kappa shape index (κ2) is 6.39. The van der Waals surface area contributed by atoms with Crippen molar-refractivity contribution in [3.05, 3.63) is 42.0 Å². The van der Waals surface area contributed by atoms with Crippen LogP contribution in [0.15, 0.2) is 36.2 Å². The molecular formula is C17H17F4N5. The van der Waals surface area contributed by atoms with Gasteiger partial charge in [-0.05, 0) is 18.2 Å². The van der Waals surface area contributed by atoms with Crippen LogP contribution in [0.1, 0.15) is 12.2 Å². The molecule has 1 saturated heterocycles. The zero-order valence-electron chi connectivity index (χ0n) is 13.8. The highest BCUT2D eigenvalue weighted by Crippen LogP contribution is 2.29. The summed E-state index contributed by atoms with van der Waals surface area (Å²) >= 11 is 0. The van der Waals surface area contributed by atoms with Crippen molar-refractivity contribution >= 4 is 17.0 Å². The molecule has 9 heteroatoms. The van der Waals surface area contributed by atoms with Crippen LogP contribution in [0.4, 0.5) is 23.4 Å². The monoisotopic (exact) mass is 367 g/mol. The molecule has 1 aliphatic carbocycles. The molecule has 0 aromatic carbocycles. The molecule has 2 aromatic rings. The number of hydrogen-bond donors (Lipinski definition) is 1. The Bertz CT molecular complexity index is 862. The smallest absolute Gasteiger partial charge is 0.354 e. The van der Waals surface area contributed by atoms with E-state index >= 15 is 0 Å². The van der Waals surface area contributed by atoms with Crippen molar-refractivity contribution in [1.82, 2.24) is 19.9 Å². The topological polar surface area (TPSA) is 48.0 Å². The predicted octanol–water partition coefficient (Wildman–Crippen LogP) is 3.28. The zero-order chi connectivity index (χ0) is 18.3. The van der Waals surface area contributed by atoms with Crippen molar-refractivity contribution < 1.29 is 17.6 Å². The molecule has 26 heavy (non-hydrogen) atoms. The Morgan fingerprint density at radius 3 is 2.54 bits per heavy atom. The summed E-state index contributed by atoms with van der Waals surface area (Å²) in [5.74, 6) is -0.560. The lowest BCUT2D eigenvalue weighted by Crippen LogP contribution is -2.50. The first-order valence-electron chi connectivity index (χ1n) is 8.36. The minimum Gasteiger partial charge on any atom is -0.354 e. The number of allylic oxidation sites excluding steroid dienone is 2. The van der Waals surface area contributed by atoms with Crippen LogP contribution in [-0.4, -0.2) is 52.1 Å². The number of hydrogen-bond acceptors (Lipinski definition) is 4. The molecular weight excluding hydrogens is 350 g/mol. The van der Waals surface area contributed by atoms with Crippen LogP contribution in [0.5, 0.6) is 0 Å². The largest absolute Gasteiger partial charge is 0.449 e. The molecule has 4 rings (SSSR count). The number of aromatic amines is 1. The van der Waals surface area contributed by atoms with Gasteiger partial charge in [0.1, 0.15) is 11.6 Å². The number of alkyl halides is 3. The van der Waals surface area contributed by atoms with Gasteiger partial charge in [0.25, 0.3) is 0 Å². The van der Waals surface area contributed by atoms with E-state index in [4.69, 9.17) is 0 Å². The maximum absolute atomic E-state index is 13.4. The maximum atomic E-state index is 13.4. The Morgan fingerprint density at radius 1 is 1.08 bits per heavy atom. The number of anilines is 1. The number of pyridine rings is 1. The highest BCUT2D eigenvalue weighted by atomic mass is 19.4. The van der Waals surface area contributed by atoms with Crippen molar-refractivity contribution in [1.29, 1.82) is 0 Å². The van der Waals surface area contributed by atoms with Gasteiger partial charge in [0, 0.05) is 38.6 Å². The van der Waals surface area contributed by atoms with E-state index in [9.17, 15) is 17.6 Å². The lowest BCUT2D eigenvalue weighted by molar-refractivity contribution is -0.144. The molecule has 1 atom stereocenters. The van der Waals surface area contributed by atoms with E-state index in [0.717, 1.165) is 13.1 Å². The number of H-pyrrole nitrogens is 1. The van der Waals surface area contributed by atoms with E-state index < -0.39 is 12.0 Å². The average molecular weight is 367 g/mol. The van der Waals surface area contributed by atoms with Gasteiger partial charge in [-0.2, -0.15) is 13.2 Å². The quantitative estimate of drug-likeness (QED) is 0.828. The van der Waals surface area contributed by atoms with Gasteiger partial charge in [0.15, 0.2) is 5.65 Å². The third-order valence-electron chi connectivity index (χ3n) is 4.72. The molecule has 1 fully saturated rings. The summed E-state index contributed by atoms with van der Waals surface area (Å²) in [5.41, 5.74) is 0.314. The fourth-order valence-electron chi connectivity index (χ4n) is 3.35. The van der Waals surface area contributed by atoms with Gasteiger partial charge in [-0.15, -0.1) is 0 Å². The third-order valence-corrected chi connectivity index (χ3v) is 4.72. The van der Waals surface area contributed by atoms with Gasteiger partial charge in [-0.1, -0.05) is 12.2 Å². The van der Waals surface area contributed by atoms with Crippen LogP contribution >= 0.6 is 0 Å². The van der Waals surface area contributed by atoms with Crippen LogP contribution in [0, 0.1) is 0 Å². The van der Waals surface area contributed by atoms with Crippen LogP contribution < -0.4 is 4.90 Å². The number of piperazine rings is 1.